The Morgan fingerprint density at radius 3 is 1.00 bits per heavy atom. The van der Waals surface area contributed by atoms with Crippen molar-refractivity contribution < 1.29 is 0 Å². The van der Waals surface area contributed by atoms with Gasteiger partial charge in [-0.2, -0.15) is 0 Å². The minimum Gasteiger partial charge on any atom is -0.222 e. The van der Waals surface area contributed by atoms with E-state index >= 15 is 0 Å². The molecule has 8 heteroatoms. The van der Waals surface area contributed by atoms with Gasteiger partial charge in [0.2, 0.25) is 0 Å². The summed E-state index contributed by atoms with van der Waals surface area (Å²) in [7, 11) is 2.85. The number of rotatable bonds is 7. The van der Waals surface area contributed by atoms with Crippen molar-refractivity contribution in [2.75, 3.05) is 0 Å². The molecule has 0 bridgehead atoms. The normalized spacial score (nSPS) is 10.9. The lowest BCUT2D eigenvalue weighted by atomic mass is 10.1. The highest BCUT2D eigenvalue weighted by Gasteiger charge is 2.14. The van der Waals surface area contributed by atoms with E-state index in [9.17, 15) is 0 Å². The second kappa shape index (κ2) is 12.2. The van der Waals surface area contributed by atoms with Crippen molar-refractivity contribution in [1.82, 2.24) is 19.9 Å². The average Bonchev–Trinajstić information content (AvgIpc) is 3.01. The molecule has 4 aromatic carbocycles. The van der Waals surface area contributed by atoms with Crippen LogP contribution in [0.1, 0.15) is 0 Å². The van der Waals surface area contributed by atoms with Crippen LogP contribution in [0, 0.1) is 0 Å². The van der Waals surface area contributed by atoms with E-state index in [1.54, 1.807) is 0 Å². The predicted octanol–water partition coefficient (Wildman–Crippen LogP) is 10.0. The topological polar surface area (TPSA) is 51.6 Å². The molecule has 0 fully saturated rings. The van der Waals surface area contributed by atoms with Gasteiger partial charge in [0, 0.05) is 32.3 Å². The summed E-state index contributed by atoms with van der Waals surface area (Å²) in [6.07, 6.45) is 0. The van der Waals surface area contributed by atoms with Crippen LogP contribution in [0.5, 0.6) is 0 Å². The highest BCUT2D eigenvalue weighted by molar-refractivity contribution is 8.76. The van der Waals surface area contributed by atoms with Gasteiger partial charge < -0.3 is 0 Å². The number of halogens is 2. The third-order valence-corrected chi connectivity index (χ3v) is 8.42. The van der Waals surface area contributed by atoms with Gasteiger partial charge in [0.15, 0.2) is 10.3 Å². The van der Waals surface area contributed by atoms with Crippen LogP contribution in [0.2, 0.25) is 10.0 Å². The molecule has 2 heterocycles. The van der Waals surface area contributed by atoms with Gasteiger partial charge in [-0.1, -0.05) is 108 Å². The van der Waals surface area contributed by atoms with Gasteiger partial charge in [0.25, 0.3) is 0 Å². The number of aromatic nitrogens is 4. The molecule has 0 saturated heterocycles. The van der Waals surface area contributed by atoms with Crippen LogP contribution in [-0.2, 0) is 0 Å². The van der Waals surface area contributed by atoms with Crippen LogP contribution in [0.25, 0.3) is 45.0 Å². The molecule has 40 heavy (non-hydrogen) atoms. The van der Waals surface area contributed by atoms with Crippen LogP contribution < -0.4 is 0 Å². The summed E-state index contributed by atoms with van der Waals surface area (Å²) in [4.78, 5) is 19.5. The largest absolute Gasteiger partial charge is 0.222 e. The Morgan fingerprint density at radius 2 is 0.675 bits per heavy atom. The molecule has 0 atom stereocenters. The van der Waals surface area contributed by atoms with E-state index < -0.39 is 0 Å². The molecular formula is C32H20Cl2N4S2. The molecule has 0 spiro atoms. The Balaban J connectivity index is 1.37. The maximum absolute atomic E-state index is 6.14. The summed E-state index contributed by atoms with van der Waals surface area (Å²) in [5.74, 6) is 0. The Kier molecular flexibility index (Phi) is 8.11. The van der Waals surface area contributed by atoms with Crippen molar-refractivity contribution in [2.24, 2.45) is 0 Å². The molecule has 0 unspecified atom stereocenters. The maximum atomic E-state index is 6.14. The maximum Gasteiger partial charge on any atom is 0.199 e. The summed E-state index contributed by atoms with van der Waals surface area (Å²) in [6, 6.07) is 39.5. The van der Waals surface area contributed by atoms with Crippen molar-refractivity contribution in [1.29, 1.82) is 0 Å². The zero-order chi connectivity index (χ0) is 27.3. The van der Waals surface area contributed by atoms with Gasteiger partial charge in [-0.3, -0.25) is 0 Å². The average molecular weight is 596 g/mol. The second-order valence-corrected chi connectivity index (χ2v) is 11.7. The zero-order valence-corrected chi connectivity index (χ0v) is 24.1. The Labute approximate surface area is 250 Å². The van der Waals surface area contributed by atoms with Gasteiger partial charge in [0.1, 0.15) is 0 Å². The number of nitrogens with zero attached hydrogens (tertiary/aromatic N) is 4. The van der Waals surface area contributed by atoms with Crippen molar-refractivity contribution in [3.05, 3.63) is 131 Å². The van der Waals surface area contributed by atoms with E-state index in [4.69, 9.17) is 43.1 Å². The fourth-order valence-electron chi connectivity index (χ4n) is 4.05. The molecular weight excluding hydrogens is 575 g/mol. The van der Waals surface area contributed by atoms with Gasteiger partial charge in [0.05, 0.1) is 22.8 Å². The molecule has 0 aliphatic heterocycles. The molecule has 4 nitrogen and oxygen atoms in total. The lowest BCUT2D eigenvalue weighted by Gasteiger charge is -2.10. The third-order valence-electron chi connectivity index (χ3n) is 6.02. The second-order valence-electron chi connectivity index (χ2n) is 8.75. The Hall–Kier alpha value is -3.68. The molecule has 0 aliphatic carbocycles. The zero-order valence-electron chi connectivity index (χ0n) is 20.9. The first-order chi connectivity index (χ1) is 19.6. The molecule has 0 aliphatic rings. The van der Waals surface area contributed by atoms with E-state index in [1.165, 1.54) is 21.6 Å². The predicted molar refractivity (Wildman–Crippen MR) is 168 cm³/mol. The van der Waals surface area contributed by atoms with Crippen LogP contribution in [-0.4, -0.2) is 19.9 Å². The summed E-state index contributed by atoms with van der Waals surface area (Å²) in [5.41, 5.74) is 7.25. The monoisotopic (exact) mass is 594 g/mol. The molecule has 194 valence electrons. The molecule has 6 rings (SSSR count). The highest BCUT2D eigenvalue weighted by Crippen LogP contribution is 2.38. The lowest BCUT2D eigenvalue weighted by Crippen LogP contribution is -1.95. The lowest BCUT2D eigenvalue weighted by molar-refractivity contribution is 0.978. The van der Waals surface area contributed by atoms with Gasteiger partial charge in [-0.25, -0.2) is 19.9 Å². The third kappa shape index (κ3) is 6.37. The molecule has 0 saturated carbocycles. The molecule has 0 amide bonds. The van der Waals surface area contributed by atoms with Crippen molar-refractivity contribution in [3.63, 3.8) is 0 Å². The van der Waals surface area contributed by atoms with Crippen LogP contribution in [0.15, 0.2) is 132 Å². The first kappa shape index (κ1) is 26.5. The van der Waals surface area contributed by atoms with Crippen LogP contribution in [0.4, 0.5) is 0 Å². The van der Waals surface area contributed by atoms with E-state index in [2.05, 4.69) is 0 Å². The van der Waals surface area contributed by atoms with E-state index in [0.29, 0.717) is 20.4 Å². The minimum absolute atomic E-state index is 0.609. The van der Waals surface area contributed by atoms with Crippen LogP contribution >= 0.6 is 44.8 Å². The molecule has 6 aromatic rings. The van der Waals surface area contributed by atoms with Crippen molar-refractivity contribution >= 4 is 44.8 Å². The first-order valence-electron chi connectivity index (χ1n) is 12.4. The smallest absolute Gasteiger partial charge is 0.199 e. The van der Waals surface area contributed by atoms with Gasteiger partial charge >= 0.3 is 0 Å². The summed E-state index contributed by atoms with van der Waals surface area (Å²) in [6.45, 7) is 0. The fraction of sp³-hybridized carbons (Fsp3) is 0. The van der Waals surface area contributed by atoms with Crippen LogP contribution in [0.3, 0.4) is 0 Å². The van der Waals surface area contributed by atoms with Gasteiger partial charge in [-0.15, -0.1) is 0 Å². The van der Waals surface area contributed by atoms with E-state index in [1.807, 2.05) is 121 Å². The molecule has 2 aromatic heterocycles. The molecule has 0 N–H and O–H groups in total. The quantitative estimate of drug-likeness (QED) is 0.135. The standard InChI is InChI=1S/C32H20Cl2N4S2/c33-25-15-11-23(12-16-25)29-19-27(21-7-3-1-4-8-21)35-31(37-29)39-40-32-36-28(22-9-5-2-6-10-22)20-30(38-32)24-13-17-26(34)18-14-24/h1-20H. The van der Waals surface area contributed by atoms with E-state index in [-0.39, 0.29) is 0 Å². The molecule has 0 radical (unpaired) electrons. The Bertz CT molecular complexity index is 1620. The summed E-state index contributed by atoms with van der Waals surface area (Å²) >= 11 is 12.3. The SMILES string of the molecule is Clc1ccc(-c2cc(-c3ccccc3)nc(SSc3nc(-c4ccccc4)cc(-c4ccc(Cl)cc4)n3)n2)cc1. The summed E-state index contributed by atoms with van der Waals surface area (Å²) in [5, 5.41) is 2.58. The van der Waals surface area contributed by atoms with Gasteiger partial charge in [-0.05, 0) is 58.0 Å². The number of benzene rings is 4. The first-order valence-corrected chi connectivity index (χ1v) is 15.3. The highest BCUT2D eigenvalue weighted by atomic mass is 35.5. The minimum atomic E-state index is 0.609. The Morgan fingerprint density at radius 1 is 0.375 bits per heavy atom. The number of hydrogen-bond acceptors (Lipinski definition) is 6. The van der Waals surface area contributed by atoms with Crippen molar-refractivity contribution in [2.45, 2.75) is 10.3 Å². The van der Waals surface area contributed by atoms with Crippen molar-refractivity contribution in [3.8, 4) is 45.0 Å². The fourth-order valence-corrected chi connectivity index (χ4v) is 5.89. The number of hydrogen-bond donors (Lipinski definition) is 0. The van der Waals surface area contributed by atoms with E-state index in [0.717, 1.165) is 45.0 Å². The summed E-state index contributed by atoms with van der Waals surface area (Å²) < 4.78 is 0.